The van der Waals surface area contributed by atoms with Gasteiger partial charge in [0.25, 0.3) is 0 Å². The van der Waals surface area contributed by atoms with E-state index in [9.17, 15) is 57.5 Å². The molecule has 28 heteroatoms. The van der Waals surface area contributed by atoms with Gasteiger partial charge in [-0.15, -0.1) is 0 Å². The summed E-state index contributed by atoms with van der Waals surface area (Å²) in [6, 6.07) is 36.8. The third-order valence-electron chi connectivity index (χ3n) is 25.6. The molecule has 0 saturated carbocycles. The van der Waals surface area contributed by atoms with Gasteiger partial charge < -0.3 is 58.8 Å². The zero-order valence-corrected chi connectivity index (χ0v) is 81.3. The van der Waals surface area contributed by atoms with Crippen molar-refractivity contribution in [1.82, 2.24) is 78.7 Å². The molecular formula is C105H146N16O12. The minimum Gasteiger partial charge on any atom is -0.343 e. The molecule has 0 bridgehead atoms. The fraction of sp³-hybridized carbons (Fsp3) is 0.524. The van der Waals surface area contributed by atoms with E-state index in [-0.39, 0.29) is 70.9 Å². The maximum absolute atomic E-state index is 11.1. The summed E-state index contributed by atoms with van der Waals surface area (Å²) in [6.07, 6.45) is 33.3. The number of benzene rings is 3. The lowest BCUT2D eigenvalue weighted by Gasteiger charge is -2.29. The Balaban J connectivity index is 0.000000179. The summed E-state index contributed by atoms with van der Waals surface area (Å²) in [7, 11) is 0. The average Bonchev–Trinajstić information content (AvgIpc) is 1.17. The molecule has 7 aromatic rings. The van der Waals surface area contributed by atoms with Gasteiger partial charge >= 0.3 is 0 Å². The molecule has 5 saturated heterocycles. The number of likely N-dealkylation sites (tertiary alicyclic amines) is 5. The zero-order valence-electron chi connectivity index (χ0n) is 81.3. The van der Waals surface area contributed by atoms with Crippen LogP contribution < -0.4 is 0 Å². The highest BCUT2D eigenvalue weighted by molar-refractivity contribution is 5.78. The van der Waals surface area contributed by atoms with E-state index in [1.54, 1.807) is 107 Å². The van der Waals surface area contributed by atoms with Gasteiger partial charge in [-0.25, -0.2) is 0 Å². The second-order valence-corrected chi connectivity index (χ2v) is 35.5. The Bertz CT molecular complexity index is 4430. The molecule has 12 amide bonds. The third kappa shape index (κ3) is 36.8. The zero-order chi connectivity index (χ0) is 96.1. The van der Waals surface area contributed by atoms with E-state index in [1.165, 1.54) is 163 Å². The fourth-order valence-corrected chi connectivity index (χ4v) is 17.0. The molecule has 0 atom stereocenters. The minimum absolute atomic E-state index is 0.119. The molecule has 12 aliphatic heterocycles. The molecule has 0 unspecified atom stereocenters. The van der Waals surface area contributed by atoms with Crippen molar-refractivity contribution in [3.05, 3.63) is 225 Å². The molecule has 19 rings (SSSR count). The van der Waals surface area contributed by atoms with Crippen LogP contribution in [0.3, 0.4) is 0 Å². The van der Waals surface area contributed by atoms with Gasteiger partial charge in [0.05, 0.1) is 24.5 Å². The number of aromatic nitrogens is 4. The SMILES string of the molecule is CC(=O)N1CCC1.CC(=O)N1CCCC1.CC(=O)N1CCCCC1.CC(=O)N1CCCCCC1.CC(=O)N1CCCCCCC1.CC(=O)N1CCc2ccccc2C1.CC(=O)N1CCc2ccccc2C1.CC(=O)N1CCc2cccnc2C1.CC(=O)N1CCc2ccncc2C1.CC(=O)N1Cc2ccccc2C1.CC(=O)N1Cc2cccnc2C1.CC(=O)N1Cc2ccncc2C1. The highest BCUT2D eigenvalue weighted by Crippen LogP contribution is 2.27. The summed E-state index contributed by atoms with van der Waals surface area (Å²) in [6.45, 7) is 40.1. The van der Waals surface area contributed by atoms with Crippen LogP contribution in [0.15, 0.2) is 146 Å². The van der Waals surface area contributed by atoms with Crippen LogP contribution in [0.5, 0.6) is 0 Å². The lowest BCUT2D eigenvalue weighted by molar-refractivity contribution is -0.132. The summed E-state index contributed by atoms with van der Waals surface area (Å²) in [5.74, 6) is 2.19. The Labute approximate surface area is 789 Å². The van der Waals surface area contributed by atoms with Crippen LogP contribution in [0.25, 0.3) is 0 Å². The quantitative estimate of drug-likeness (QED) is 0.136. The van der Waals surface area contributed by atoms with Crippen molar-refractivity contribution >= 4 is 70.9 Å². The van der Waals surface area contributed by atoms with E-state index < -0.39 is 0 Å². The number of pyridine rings is 4. The molecule has 4 aromatic heterocycles. The largest absolute Gasteiger partial charge is 0.343 e. The van der Waals surface area contributed by atoms with Crippen molar-refractivity contribution < 1.29 is 57.5 Å². The number of carbonyl (C=O) groups is 12. The van der Waals surface area contributed by atoms with Gasteiger partial charge in [-0.3, -0.25) is 77.5 Å². The van der Waals surface area contributed by atoms with Crippen molar-refractivity contribution in [1.29, 1.82) is 0 Å². The molecule has 12 aliphatic rings. The molecule has 0 aliphatic carbocycles. The van der Waals surface area contributed by atoms with Gasteiger partial charge in [0, 0.05) is 264 Å². The summed E-state index contributed by atoms with van der Waals surface area (Å²) >= 11 is 0. The van der Waals surface area contributed by atoms with Crippen LogP contribution >= 0.6 is 0 Å². The monoisotopic (exact) mass is 1820 g/mol. The number of fused-ring (bicyclic) bond motifs is 7. The Hall–Kier alpha value is -12.1. The highest BCUT2D eigenvalue weighted by Gasteiger charge is 2.27. The van der Waals surface area contributed by atoms with Crippen molar-refractivity contribution in [2.75, 3.05) is 91.6 Å². The third-order valence-corrected chi connectivity index (χ3v) is 25.6. The number of carbonyl (C=O) groups excluding carboxylic acids is 12. The molecule has 0 spiro atoms. The fourth-order valence-electron chi connectivity index (χ4n) is 17.0. The molecule has 28 nitrogen and oxygen atoms in total. The van der Waals surface area contributed by atoms with Crippen molar-refractivity contribution in [2.45, 2.75) is 271 Å². The summed E-state index contributed by atoms with van der Waals surface area (Å²) in [5, 5.41) is 0. The van der Waals surface area contributed by atoms with Gasteiger partial charge in [-0.2, -0.15) is 0 Å². The van der Waals surface area contributed by atoms with Crippen LogP contribution in [0.1, 0.15) is 258 Å². The standard InChI is InChI=1S/2C11H13NO.2C10H12N2O.C10H11NO.2C9H10N2O.C9H17NO.C8H15NO.C7H13NO.C6H11NO.C5H9NO/c2*1-9(13)12-7-6-10-4-2-3-5-11(10)8-12;1-8(13)12-5-3-9-2-4-11-6-10(9)7-12;1-8(13)12-6-4-9-3-2-5-11-10(9)7-12;1-8(12)11-6-9-4-2-3-5-10(9)7-11;1-7(12)11-5-8-2-3-10-4-9(8)6-11;1-7(12)11-5-8-3-2-4-10-9(8)6-11;1-9(11)10-7-5-3-2-4-6-8-10;1-8(10)9-6-4-2-3-5-7-9;1-7(9)8-5-3-2-4-6-8;1-6(8)7-4-2-3-5-7;1-5(7)6-3-2-4-6/h2*2-5H,6-8H2,1H3;2,4,6H,3,5,7H2,1H3;2-3,5H,4,6-7H2,1H3;2-5H,6-7H2,1H3;2*2-4H,5-6H2,1H3;2-8H2,1H3;2-7H2,1H3;2-6H2,1H3;2-5H2,1H3;2-4H2,1H3. The summed E-state index contributed by atoms with van der Waals surface area (Å²) in [5.41, 5.74) is 17.4. The Morgan fingerprint density at radius 2 is 0.383 bits per heavy atom. The lowest BCUT2D eigenvalue weighted by Crippen LogP contribution is -2.40. The van der Waals surface area contributed by atoms with Crippen LogP contribution in [0, 0.1) is 0 Å². The smallest absolute Gasteiger partial charge is 0.220 e. The molecular weight excluding hydrogens is 1680 g/mol. The number of piperidine rings is 1. The van der Waals surface area contributed by atoms with Gasteiger partial charge in [-0.1, -0.05) is 117 Å². The van der Waals surface area contributed by atoms with E-state index in [4.69, 9.17) is 0 Å². The first-order valence-corrected chi connectivity index (χ1v) is 47.9. The second-order valence-electron chi connectivity index (χ2n) is 35.5. The first kappa shape index (κ1) is 106. The average molecular weight is 1820 g/mol. The van der Waals surface area contributed by atoms with Crippen LogP contribution in [-0.4, -0.2) is 241 Å². The van der Waals surface area contributed by atoms with Gasteiger partial charge in [0.2, 0.25) is 70.9 Å². The summed E-state index contributed by atoms with van der Waals surface area (Å²) < 4.78 is 0. The predicted octanol–water partition coefficient (Wildman–Crippen LogP) is 13.7. The molecule has 718 valence electrons. The second kappa shape index (κ2) is 56.7. The summed E-state index contributed by atoms with van der Waals surface area (Å²) in [4.78, 5) is 170. The van der Waals surface area contributed by atoms with Crippen molar-refractivity contribution in [2.24, 2.45) is 0 Å². The van der Waals surface area contributed by atoms with E-state index >= 15 is 0 Å². The van der Waals surface area contributed by atoms with E-state index in [2.05, 4.69) is 74.5 Å². The number of rotatable bonds is 0. The van der Waals surface area contributed by atoms with Gasteiger partial charge in [-0.05, 0) is 181 Å². The lowest BCUT2D eigenvalue weighted by atomic mass is 10.00. The number of nitrogens with zero attached hydrogens (tertiary/aromatic N) is 16. The van der Waals surface area contributed by atoms with Crippen molar-refractivity contribution in [3.8, 4) is 0 Å². The van der Waals surface area contributed by atoms with Gasteiger partial charge in [0.15, 0.2) is 0 Å². The van der Waals surface area contributed by atoms with E-state index in [0.29, 0.717) is 13.1 Å². The first-order chi connectivity index (χ1) is 63.9. The molecule has 16 heterocycles. The first-order valence-electron chi connectivity index (χ1n) is 47.9. The van der Waals surface area contributed by atoms with Gasteiger partial charge in [0.1, 0.15) is 0 Å². The molecule has 5 fully saturated rings. The Morgan fingerprint density at radius 1 is 0.180 bits per heavy atom. The van der Waals surface area contributed by atoms with Crippen LogP contribution in [0.2, 0.25) is 0 Å². The minimum atomic E-state index is 0.119. The predicted molar refractivity (Wildman–Crippen MR) is 516 cm³/mol. The highest BCUT2D eigenvalue weighted by atomic mass is 16.2. The Kier molecular flexibility index (Phi) is 45.3. The molecule has 3 aromatic carbocycles. The molecule has 0 N–H and O–H groups in total. The maximum Gasteiger partial charge on any atom is 0.220 e. The number of hydrogen-bond donors (Lipinski definition) is 0. The van der Waals surface area contributed by atoms with Crippen LogP contribution in [-0.2, 0) is 149 Å². The normalized spacial score (nSPS) is 16.7. The van der Waals surface area contributed by atoms with Crippen molar-refractivity contribution in [3.63, 3.8) is 0 Å². The molecule has 0 radical (unpaired) electrons. The van der Waals surface area contributed by atoms with E-state index in [1.807, 2.05) is 127 Å². The Morgan fingerprint density at radius 3 is 0.707 bits per heavy atom. The number of amides is 12. The van der Waals surface area contributed by atoms with Crippen LogP contribution in [0.4, 0.5) is 0 Å². The van der Waals surface area contributed by atoms with E-state index in [0.717, 1.165) is 181 Å². The topological polar surface area (TPSA) is 295 Å². The maximum atomic E-state index is 11.1. The number of hydrogen-bond acceptors (Lipinski definition) is 16. The molecule has 133 heavy (non-hydrogen) atoms.